The molecule has 144 valence electrons. The van der Waals surface area contributed by atoms with Gasteiger partial charge in [-0.2, -0.15) is 0 Å². The van der Waals surface area contributed by atoms with Gasteiger partial charge in [0.2, 0.25) is 0 Å². The summed E-state index contributed by atoms with van der Waals surface area (Å²) in [6, 6.07) is 16.5. The molecule has 1 aliphatic rings. The predicted molar refractivity (Wildman–Crippen MR) is 114 cm³/mol. The zero-order chi connectivity index (χ0) is 18.8. The number of fused-ring (bicyclic) bond motifs is 4. The molecule has 0 unspecified atom stereocenters. The lowest BCUT2D eigenvalue weighted by Crippen LogP contribution is -2.32. The summed E-state index contributed by atoms with van der Waals surface area (Å²) in [7, 11) is 0. The predicted octanol–water partition coefficient (Wildman–Crippen LogP) is 4.24. The lowest BCUT2D eigenvalue weighted by molar-refractivity contribution is 0.0923. The van der Waals surface area contributed by atoms with Crippen LogP contribution in [0, 0.1) is 0 Å². The minimum Gasteiger partial charge on any atom is -0.378 e. The van der Waals surface area contributed by atoms with E-state index in [1.807, 2.05) is 24.3 Å². The van der Waals surface area contributed by atoms with Crippen LogP contribution in [0.4, 0.5) is 0 Å². The molecule has 0 bridgehead atoms. The van der Waals surface area contributed by atoms with Crippen molar-refractivity contribution in [1.29, 1.82) is 0 Å². The third-order valence-electron chi connectivity index (χ3n) is 5.72. The lowest BCUT2D eigenvalue weighted by Gasteiger charge is -2.26. The minimum atomic E-state index is 0.691. The third kappa shape index (κ3) is 3.36. The summed E-state index contributed by atoms with van der Waals surface area (Å²) in [5, 5.41) is 1.16. The second-order valence-corrected chi connectivity index (χ2v) is 7.57. The highest BCUT2D eigenvalue weighted by Crippen LogP contribution is 2.28. The van der Waals surface area contributed by atoms with E-state index >= 15 is 0 Å². The number of aromatic nitrogens is 3. The van der Waals surface area contributed by atoms with Crippen molar-refractivity contribution in [2.45, 2.75) is 25.8 Å². The first-order chi connectivity index (χ1) is 13.9. The fourth-order valence-electron chi connectivity index (χ4n) is 4.24. The Hall–Kier alpha value is -2.50. The number of ether oxygens (including phenoxy) is 1. The van der Waals surface area contributed by atoms with Crippen LogP contribution < -0.4 is 0 Å². The zero-order valence-corrected chi connectivity index (χ0v) is 16.2. The van der Waals surface area contributed by atoms with Crippen molar-refractivity contribution >= 4 is 33.1 Å². The summed E-state index contributed by atoms with van der Waals surface area (Å²) in [6.07, 6.45) is 4.03. The number of para-hydroxylation sites is 3. The van der Waals surface area contributed by atoms with Crippen molar-refractivity contribution in [3.05, 3.63) is 48.5 Å². The Morgan fingerprint density at radius 2 is 1.50 bits per heavy atom. The molecule has 3 heterocycles. The zero-order valence-electron chi connectivity index (χ0n) is 16.2. The fourth-order valence-corrected chi connectivity index (χ4v) is 4.24. The molecule has 1 aliphatic heterocycles. The molecule has 0 spiro atoms. The SMILES string of the molecule is c1ccc2nc3c(nc2c1)c1ccccc1n3CCOCCN1CCCCC1. The second-order valence-electron chi connectivity index (χ2n) is 7.57. The first-order valence-electron chi connectivity index (χ1n) is 10.3. The Bertz CT molecular complexity index is 1100. The van der Waals surface area contributed by atoms with Gasteiger partial charge in [0.05, 0.1) is 29.8 Å². The van der Waals surface area contributed by atoms with Gasteiger partial charge in [-0.3, -0.25) is 0 Å². The van der Waals surface area contributed by atoms with Crippen molar-refractivity contribution in [1.82, 2.24) is 19.4 Å². The Labute approximate surface area is 164 Å². The number of piperidine rings is 1. The van der Waals surface area contributed by atoms with E-state index in [1.54, 1.807) is 0 Å². The monoisotopic (exact) mass is 374 g/mol. The summed E-state index contributed by atoms with van der Waals surface area (Å²) >= 11 is 0. The smallest absolute Gasteiger partial charge is 0.160 e. The van der Waals surface area contributed by atoms with E-state index in [0.29, 0.717) is 6.61 Å². The second kappa shape index (κ2) is 7.86. The normalized spacial score (nSPS) is 15.7. The molecular formula is C23H26N4O. The number of hydrogen-bond acceptors (Lipinski definition) is 4. The maximum Gasteiger partial charge on any atom is 0.160 e. The maximum absolute atomic E-state index is 5.98. The van der Waals surface area contributed by atoms with E-state index in [2.05, 4.69) is 33.7 Å². The molecule has 0 aliphatic carbocycles. The quantitative estimate of drug-likeness (QED) is 0.474. The molecule has 4 aromatic rings. The molecule has 1 fully saturated rings. The van der Waals surface area contributed by atoms with Crippen LogP contribution in [0.3, 0.4) is 0 Å². The van der Waals surface area contributed by atoms with Gasteiger partial charge in [-0.05, 0) is 44.1 Å². The summed E-state index contributed by atoms with van der Waals surface area (Å²) < 4.78 is 8.24. The largest absolute Gasteiger partial charge is 0.378 e. The molecule has 5 nitrogen and oxygen atoms in total. The fraction of sp³-hybridized carbons (Fsp3) is 0.391. The van der Waals surface area contributed by atoms with Gasteiger partial charge in [0.1, 0.15) is 5.52 Å². The van der Waals surface area contributed by atoms with Crippen molar-refractivity contribution < 1.29 is 4.74 Å². The number of nitrogens with zero attached hydrogens (tertiary/aromatic N) is 4. The number of rotatable bonds is 6. The third-order valence-corrected chi connectivity index (χ3v) is 5.72. The van der Waals surface area contributed by atoms with Crippen LogP contribution in [0.15, 0.2) is 48.5 Å². The molecule has 2 aromatic heterocycles. The van der Waals surface area contributed by atoms with Crippen LogP contribution in [0.1, 0.15) is 19.3 Å². The first-order valence-corrected chi connectivity index (χ1v) is 10.3. The summed E-state index contributed by atoms with van der Waals surface area (Å²) in [5.74, 6) is 0. The summed E-state index contributed by atoms with van der Waals surface area (Å²) in [4.78, 5) is 12.3. The van der Waals surface area contributed by atoms with Gasteiger partial charge in [0.25, 0.3) is 0 Å². The Morgan fingerprint density at radius 1 is 0.786 bits per heavy atom. The van der Waals surface area contributed by atoms with Crippen molar-refractivity contribution in [3.63, 3.8) is 0 Å². The topological polar surface area (TPSA) is 43.2 Å². The molecule has 28 heavy (non-hydrogen) atoms. The minimum absolute atomic E-state index is 0.691. The van der Waals surface area contributed by atoms with Crippen LogP contribution in [0.2, 0.25) is 0 Å². The highest BCUT2D eigenvalue weighted by molar-refractivity contribution is 6.06. The lowest BCUT2D eigenvalue weighted by atomic mass is 10.1. The Kier molecular flexibility index (Phi) is 4.93. The van der Waals surface area contributed by atoms with E-state index < -0.39 is 0 Å². The van der Waals surface area contributed by atoms with Gasteiger partial charge in [0.15, 0.2) is 5.65 Å². The van der Waals surface area contributed by atoms with E-state index in [1.165, 1.54) is 37.9 Å². The van der Waals surface area contributed by atoms with Gasteiger partial charge in [-0.25, -0.2) is 9.97 Å². The van der Waals surface area contributed by atoms with Crippen LogP contribution in [0.5, 0.6) is 0 Å². The number of likely N-dealkylation sites (tertiary alicyclic amines) is 1. The van der Waals surface area contributed by atoms with Crippen LogP contribution in [-0.4, -0.2) is 52.3 Å². The van der Waals surface area contributed by atoms with E-state index in [4.69, 9.17) is 14.7 Å². The molecule has 2 aromatic carbocycles. The Balaban J connectivity index is 1.37. The van der Waals surface area contributed by atoms with E-state index in [0.717, 1.165) is 47.3 Å². The number of hydrogen-bond donors (Lipinski definition) is 0. The number of benzene rings is 2. The molecule has 0 amide bonds. The standard InChI is InChI=1S/C23H26N4O/c1-6-12-26(13-7-1)14-16-28-17-15-27-21-11-5-2-8-18(21)22-23(27)25-20-10-4-3-9-19(20)24-22/h2-5,8-11H,1,6-7,12-17H2. The van der Waals surface area contributed by atoms with E-state index in [-0.39, 0.29) is 0 Å². The highest BCUT2D eigenvalue weighted by atomic mass is 16.5. The van der Waals surface area contributed by atoms with Gasteiger partial charge < -0.3 is 14.2 Å². The van der Waals surface area contributed by atoms with Gasteiger partial charge in [-0.1, -0.05) is 36.8 Å². The van der Waals surface area contributed by atoms with Crippen molar-refractivity contribution in [2.75, 3.05) is 32.8 Å². The van der Waals surface area contributed by atoms with E-state index in [9.17, 15) is 0 Å². The molecule has 0 saturated carbocycles. The summed E-state index contributed by atoms with van der Waals surface area (Å²) in [5.41, 5.74) is 4.97. The molecule has 0 N–H and O–H groups in total. The highest BCUT2D eigenvalue weighted by Gasteiger charge is 2.14. The van der Waals surface area contributed by atoms with Gasteiger partial charge >= 0.3 is 0 Å². The molecule has 5 heteroatoms. The molecule has 1 saturated heterocycles. The van der Waals surface area contributed by atoms with Crippen molar-refractivity contribution in [2.24, 2.45) is 0 Å². The average molecular weight is 374 g/mol. The van der Waals surface area contributed by atoms with Crippen LogP contribution in [-0.2, 0) is 11.3 Å². The molecule has 0 radical (unpaired) electrons. The van der Waals surface area contributed by atoms with Crippen LogP contribution in [0.25, 0.3) is 33.1 Å². The maximum atomic E-state index is 5.98. The Morgan fingerprint density at radius 3 is 2.36 bits per heavy atom. The van der Waals surface area contributed by atoms with Crippen LogP contribution >= 0.6 is 0 Å². The first kappa shape index (κ1) is 17.6. The molecular weight excluding hydrogens is 348 g/mol. The summed E-state index contributed by atoms with van der Waals surface area (Å²) in [6.45, 7) is 5.76. The van der Waals surface area contributed by atoms with Gasteiger partial charge in [0, 0.05) is 18.5 Å². The van der Waals surface area contributed by atoms with Gasteiger partial charge in [-0.15, -0.1) is 0 Å². The molecule has 5 rings (SSSR count). The molecule has 0 atom stereocenters. The van der Waals surface area contributed by atoms with Crippen molar-refractivity contribution in [3.8, 4) is 0 Å². The average Bonchev–Trinajstić information content (AvgIpc) is 3.05.